The largest absolute Gasteiger partial charge is 0.479 e. The molecule has 1 heterocycles. The lowest BCUT2D eigenvalue weighted by Gasteiger charge is -2.14. The molecule has 0 unspecified atom stereocenters. The fraction of sp³-hybridized carbons (Fsp3) is 0.500. The summed E-state index contributed by atoms with van der Waals surface area (Å²) in [4.78, 5) is 21.7. The Morgan fingerprint density at radius 3 is 2.57 bits per heavy atom. The predicted molar refractivity (Wildman–Crippen MR) is 46.6 cm³/mol. The second kappa shape index (κ2) is 3.57. The van der Waals surface area contributed by atoms with Crippen LogP contribution < -0.4 is 4.74 Å². The number of carbonyl (C=O) groups is 1. The summed E-state index contributed by atoms with van der Waals surface area (Å²) in [6.07, 6.45) is 1.06. The molecule has 0 saturated carbocycles. The molecule has 76 valence electrons. The second-order valence-corrected chi connectivity index (χ2v) is 3.71. The summed E-state index contributed by atoms with van der Waals surface area (Å²) < 4.78 is 4.80. The van der Waals surface area contributed by atoms with E-state index in [2.05, 4.69) is 15.0 Å². The molecule has 1 rings (SSSR count). The Balaban J connectivity index is 2.75. The summed E-state index contributed by atoms with van der Waals surface area (Å²) in [5.74, 6) is -0.469. The quantitative estimate of drug-likeness (QED) is 0.661. The van der Waals surface area contributed by atoms with E-state index in [-0.39, 0.29) is 6.01 Å². The molecule has 14 heavy (non-hydrogen) atoms. The fourth-order valence-electron chi connectivity index (χ4n) is 0.558. The highest BCUT2D eigenvalue weighted by Gasteiger charge is 2.24. The van der Waals surface area contributed by atoms with Crippen LogP contribution in [0.15, 0.2) is 6.33 Å². The zero-order valence-electron chi connectivity index (χ0n) is 8.18. The predicted octanol–water partition coefficient (Wildman–Crippen LogP) is 0.529. The third kappa shape index (κ3) is 2.65. The molecule has 0 amide bonds. The minimum Gasteiger partial charge on any atom is -0.479 e. The number of aromatic nitrogens is 3. The molecule has 0 radical (unpaired) electrons. The summed E-state index contributed by atoms with van der Waals surface area (Å²) in [6.45, 7) is 5.11. The monoisotopic (exact) mass is 197 g/mol. The number of carbonyl (C=O) groups excluding carboxylic acids is 1. The van der Waals surface area contributed by atoms with Gasteiger partial charge in [-0.05, 0) is 20.8 Å². The maximum atomic E-state index is 11.3. The Hall–Kier alpha value is -1.72. The van der Waals surface area contributed by atoms with Gasteiger partial charge in [-0.25, -0.2) is 0 Å². The Morgan fingerprint density at radius 2 is 2.07 bits per heavy atom. The molecule has 1 aromatic rings. The molecule has 6 nitrogen and oxygen atoms in total. The van der Waals surface area contributed by atoms with Crippen molar-refractivity contribution in [1.29, 1.82) is 0 Å². The molecule has 0 saturated heterocycles. The van der Waals surface area contributed by atoms with Gasteiger partial charge in [-0.2, -0.15) is 9.97 Å². The smallest absolute Gasteiger partial charge is 0.330 e. The normalized spacial score (nSPS) is 11.1. The van der Waals surface area contributed by atoms with Crippen molar-refractivity contribution in [3.05, 3.63) is 6.33 Å². The average Bonchev–Trinajstić information content (AvgIpc) is 2.02. The van der Waals surface area contributed by atoms with E-state index in [0.29, 0.717) is 0 Å². The van der Waals surface area contributed by atoms with Crippen LogP contribution >= 0.6 is 0 Å². The van der Waals surface area contributed by atoms with Gasteiger partial charge in [0.25, 0.3) is 0 Å². The van der Waals surface area contributed by atoms with E-state index in [1.165, 1.54) is 0 Å². The molecule has 0 fully saturated rings. The summed E-state index contributed by atoms with van der Waals surface area (Å²) in [7, 11) is 0. The minimum absolute atomic E-state index is 0.197. The Labute approximate surface area is 81.0 Å². The summed E-state index contributed by atoms with van der Waals surface area (Å²) >= 11 is 0. The third-order valence-corrected chi connectivity index (χ3v) is 1.33. The van der Waals surface area contributed by atoms with Gasteiger partial charge in [0, 0.05) is 0 Å². The average molecular weight is 197 g/mol. The van der Waals surface area contributed by atoms with Crippen LogP contribution in [0.5, 0.6) is 12.0 Å². The van der Waals surface area contributed by atoms with Crippen molar-refractivity contribution in [3.63, 3.8) is 0 Å². The molecular weight excluding hydrogens is 186 g/mol. The highest BCUT2D eigenvalue weighted by molar-refractivity contribution is 5.77. The summed E-state index contributed by atoms with van der Waals surface area (Å²) in [5, 5.41) is 8.88. The number of esters is 1. The Morgan fingerprint density at radius 1 is 1.43 bits per heavy atom. The molecular formula is C8H11N3O3. The zero-order valence-corrected chi connectivity index (χ0v) is 8.18. The van der Waals surface area contributed by atoms with Gasteiger partial charge in [-0.3, -0.25) is 4.79 Å². The van der Waals surface area contributed by atoms with Crippen LogP contribution in [0.25, 0.3) is 0 Å². The van der Waals surface area contributed by atoms with Gasteiger partial charge in [0.1, 0.15) is 6.33 Å². The maximum Gasteiger partial charge on any atom is 0.330 e. The van der Waals surface area contributed by atoms with Crippen molar-refractivity contribution in [2.45, 2.75) is 20.8 Å². The first-order valence-electron chi connectivity index (χ1n) is 4.00. The van der Waals surface area contributed by atoms with Crippen LogP contribution in [-0.2, 0) is 4.79 Å². The lowest BCUT2D eigenvalue weighted by Crippen LogP contribution is -2.26. The second-order valence-electron chi connectivity index (χ2n) is 3.71. The Bertz CT molecular complexity index is 346. The molecule has 0 bridgehead atoms. The van der Waals surface area contributed by atoms with Gasteiger partial charge in [-0.15, -0.1) is 4.98 Å². The lowest BCUT2D eigenvalue weighted by atomic mass is 9.98. The fourth-order valence-corrected chi connectivity index (χ4v) is 0.558. The van der Waals surface area contributed by atoms with E-state index in [9.17, 15) is 4.79 Å². The van der Waals surface area contributed by atoms with Gasteiger partial charge in [-0.1, -0.05) is 0 Å². The number of hydrogen-bond acceptors (Lipinski definition) is 6. The van der Waals surface area contributed by atoms with E-state index >= 15 is 0 Å². The van der Waals surface area contributed by atoms with E-state index < -0.39 is 17.4 Å². The van der Waals surface area contributed by atoms with Crippen LogP contribution in [0.4, 0.5) is 0 Å². The number of nitrogens with zero attached hydrogens (tertiary/aromatic N) is 3. The molecule has 1 N–H and O–H groups in total. The van der Waals surface area contributed by atoms with Crippen molar-refractivity contribution in [2.24, 2.45) is 5.41 Å². The molecule has 0 aromatic carbocycles. The highest BCUT2D eigenvalue weighted by Crippen LogP contribution is 2.16. The van der Waals surface area contributed by atoms with Crippen LogP contribution in [0.2, 0.25) is 0 Å². The minimum atomic E-state index is -0.637. The third-order valence-electron chi connectivity index (χ3n) is 1.33. The molecule has 0 aliphatic rings. The van der Waals surface area contributed by atoms with Crippen molar-refractivity contribution in [1.82, 2.24) is 15.0 Å². The van der Waals surface area contributed by atoms with Gasteiger partial charge in [0.2, 0.25) is 0 Å². The van der Waals surface area contributed by atoms with Crippen molar-refractivity contribution < 1.29 is 14.6 Å². The molecule has 0 aliphatic carbocycles. The zero-order chi connectivity index (χ0) is 10.8. The first kappa shape index (κ1) is 10.4. The first-order valence-corrected chi connectivity index (χ1v) is 4.00. The van der Waals surface area contributed by atoms with E-state index in [1.54, 1.807) is 20.8 Å². The number of aromatic hydroxyl groups is 1. The van der Waals surface area contributed by atoms with Gasteiger partial charge < -0.3 is 9.84 Å². The van der Waals surface area contributed by atoms with Gasteiger partial charge >= 0.3 is 18.0 Å². The molecule has 1 aromatic heterocycles. The van der Waals surface area contributed by atoms with Crippen LogP contribution in [0, 0.1) is 5.41 Å². The number of ether oxygens (including phenoxy) is 1. The van der Waals surface area contributed by atoms with Gasteiger partial charge in [0.05, 0.1) is 5.41 Å². The van der Waals surface area contributed by atoms with E-state index in [0.717, 1.165) is 6.33 Å². The highest BCUT2D eigenvalue weighted by atomic mass is 16.6. The lowest BCUT2D eigenvalue weighted by molar-refractivity contribution is -0.143. The number of hydrogen-bond donors (Lipinski definition) is 1. The van der Waals surface area contributed by atoms with Gasteiger partial charge in [0.15, 0.2) is 0 Å². The van der Waals surface area contributed by atoms with Crippen LogP contribution in [-0.4, -0.2) is 26.0 Å². The SMILES string of the molecule is CC(C)(C)C(=O)Oc1ncnc(O)n1. The summed E-state index contributed by atoms with van der Waals surface area (Å²) in [5.41, 5.74) is -0.637. The van der Waals surface area contributed by atoms with Crippen molar-refractivity contribution in [2.75, 3.05) is 0 Å². The summed E-state index contributed by atoms with van der Waals surface area (Å²) in [6, 6.07) is -0.672. The van der Waals surface area contributed by atoms with Crippen molar-refractivity contribution >= 4 is 5.97 Å². The Kier molecular flexibility index (Phi) is 2.64. The molecule has 0 aliphatic heterocycles. The standard InChI is InChI=1S/C8H11N3O3/c1-8(2,3)5(12)14-7-10-4-9-6(13)11-7/h4H,1-3H3,(H,9,10,11,13). The van der Waals surface area contributed by atoms with E-state index in [4.69, 9.17) is 9.84 Å². The number of rotatable bonds is 1. The van der Waals surface area contributed by atoms with Crippen molar-refractivity contribution in [3.8, 4) is 12.0 Å². The van der Waals surface area contributed by atoms with E-state index in [1.807, 2.05) is 0 Å². The molecule has 0 atom stereocenters. The molecule has 6 heteroatoms. The maximum absolute atomic E-state index is 11.3. The molecule has 0 spiro atoms. The topological polar surface area (TPSA) is 85.2 Å². The van der Waals surface area contributed by atoms with Crippen LogP contribution in [0.3, 0.4) is 0 Å². The first-order chi connectivity index (χ1) is 6.39. The van der Waals surface area contributed by atoms with Crippen LogP contribution in [0.1, 0.15) is 20.8 Å².